The number of carbonyl (C=O) groups excluding carboxylic acids is 3. The fourth-order valence-electron chi connectivity index (χ4n) is 8.31. The van der Waals surface area contributed by atoms with Gasteiger partial charge in [-0.1, -0.05) is 275 Å². The number of esters is 3. The van der Waals surface area contributed by atoms with E-state index in [0.29, 0.717) is 19.3 Å². The van der Waals surface area contributed by atoms with E-state index in [4.69, 9.17) is 14.2 Å². The molecular formula is C73H116O6. The molecule has 0 radical (unpaired) electrons. The maximum Gasteiger partial charge on any atom is 0.306 e. The van der Waals surface area contributed by atoms with Crippen molar-refractivity contribution in [1.29, 1.82) is 0 Å². The van der Waals surface area contributed by atoms with Gasteiger partial charge in [-0.3, -0.25) is 14.4 Å². The largest absolute Gasteiger partial charge is 0.462 e. The van der Waals surface area contributed by atoms with Crippen molar-refractivity contribution in [2.75, 3.05) is 13.2 Å². The van der Waals surface area contributed by atoms with E-state index in [-0.39, 0.29) is 37.5 Å². The maximum atomic E-state index is 12.9. The van der Waals surface area contributed by atoms with Crippen molar-refractivity contribution >= 4 is 17.9 Å². The van der Waals surface area contributed by atoms with Crippen LogP contribution in [0.25, 0.3) is 0 Å². The fourth-order valence-corrected chi connectivity index (χ4v) is 8.31. The monoisotopic (exact) mass is 1090 g/mol. The first-order valence-electron chi connectivity index (χ1n) is 32.0. The molecule has 1 atom stereocenters. The van der Waals surface area contributed by atoms with E-state index in [2.05, 4.69) is 179 Å². The predicted molar refractivity (Wildman–Crippen MR) is 343 cm³/mol. The van der Waals surface area contributed by atoms with Crippen molar-refractivity contribution in [3.05, 3.63) is 158 Å². The Kier molecular flexibility index (Phi) is 61.4. The molecule has 0 aromatic rings. The minimum atomic E-state index is -0.812. The van der Waals surface area contributed by atoms with Gasteiger partial charge in [-0.15, -0.1) is 0 Å². The average Bonchev–Trinajstić information content (AvgIpc) is 3.45. The molecule has 0 aromatic heterocycles. The second-order valence-corrected chi connectivity index (χ2v) is 20.6. The normalized spacial score (nSPS) is 13.2. The Morgan fingerprint density at radius 3 is 0.797 bits per heavy atom. The molecule has 0 spiro atoms. The van der Waals surface area contributed by atoms with Crippen LogP contribution in [0.5, 0.6) is 0 Å². The molecule has 6 heteroatoms. The molecule has 79 heavy (non-hydrogen) atoms. The van der Waals surface area contributed by atoms with Crippen LogP contribution in [0.1, 0.15) is 265 Å². The molecule has 0 heterocycles. The zero-order chi connectivity index (χ0) is 57.1. The van der Waals surface area contributed by atoms with Gasteiger partial charge in [0.05, 0.1) is 0 Å². The van der Waals surface area contributed by atoms with Gasteiger partial charge < -0.3 is 14.2 Å². The second-order valence-electron chi connectivity index (χ2n) is 20.6. The van der Waals surface area contributed by atoms with Crippen molar-refractivity contribution in [3.8, 4) is 0 Å². The SMILES string of the molecule is CC/C=C\C/C=C\C/C=C\C/C=C\C/C=C\C/C=C\C/C=C\CCCCCCCCCC(=O)OCC(COC(=O)CCCCCCCCCCCCC)OC(=O)CCCC/C=C\C/C=C\C/C=C\C/C=C\C/C=C\C/C=C\CC. The summed E-state index contributed by atoms with van der Waals surface area (Å²) in [6.07, 6.45) is 95.3. The van der Waals surface area contributed by atoms with Crippen LogP contribution in [0.3, 0.4) is 0 Å². The standard InChI is InChI=1S/C73H116O6/c1-4-7-10-13-16-19-22-24-26-28-30-32-33-34-35-36-37-38-39-41-42-44-46-48-51-54-57-60-63-66-72(75)78-69-70(68-77-71(74)65-62-59-56-53-50-21-18-15-12-9-6-3)79-73(76)67-64-61-58-55-52-49-47-45-43-40-31-29-27-25-23-20-17-14-11-8-5-2/h7-8,10-11,16-17,19-20,24-27,30-32,34-35,37-38,40-42,45,47,52,55,70H,4-6,9,12-15,18,21-23,28-29,33,36,39,43-44,46,48-51,53-54,56-69H2,1-3H3/b10-7-,11-8-,19-16-,20-17-,26-24-,27-25-,32-30-,35-34-,38-37-,40-31-,42-41-,47-45-,55-52-. The second kappa shape index (κ2) is 65.5. The molecule has 0 saturated carbocycles. The predicted octanol–water partition coefficient (Wildman–Crippen LogP) is 22.1. The van der Waals surface area contributed by atoms with Gasteiger partial charge in [-0.2, -0.15) is 0 Å². The molecule has 0 aromatic carbocycles. The Morgan fingerprint density at radius 2 is 0.494 bits per heavy atom. The molecule has 0 aliphatic rings. The number of hydrogen-bond acceptors (Lipinski definition) is 6. The third-order valence-electron chi connectivity index (χ3n) is 13.0. The minimum Gasteiger partial charge on any atom is -0.462 e. The van der Waals surface area contributed by atoms with Crippen molar-refractivity contribution in [2.45, 2.75) is 271 Å². The van der Waals surface area contributed by atoms with Gasteiger partial charge >= 0.3 is 17.9 Å². The van der Waals surface area contributed by atoms with Crippen LogP contribution in [0.15, 0.2) is 158 Å². The van der Waals surface area contributed by atoms with Gasteiger partial charge in [0.2, 0.25) is 0 Å². The summed E-state index contributed by atoms with van der Waals surface area (Å²) in [4.78, 5) is 38.2. The summed E-state index contributed by atoms with van der Waals surface area (Å²) in [6.45, 7) is 6.36. The van der Waals surface area contributed by atoms with Gasteiger partial charge in [0.15, 0.2) is 6.10 Å². The fraction of sp³-hybridized carbons (Fsp3) is 0.603. The van der Waals surface area contributed by atoms with Crippen LogP contribution in [0.4, 0.5) is 0 Å². The van der Waals surface area contributed by atoms with Gasteiger partial charge in [0.25, 0.3) is 0 Å². The first-order chi connectivity index (χ1) is 39.0. The zero-order valence-corrected chi connectivity index (χ0v) is 50.8. The molecule has 0 amide bonds. The van der Waals surface area contributed by atoms with E-state index in [0.717, 1.165) is 141 Å². The molecule has 0 aliphatic heterocycles. The van der Waals surface area contributed by atoms with Crippen molar-refractivity contribution < 1.29 is 28.6 Å². The summed E-state index contributed by atoms with van der Waals surface area (Å²) in [5.41, 5.74) is 0. The first kappa shape index (κ1) is 74.0. The number of hydrogen-bond donors (Lipinski definition) is 0. The number of carbonyl (C=O) groups is 3. The maximum absolute atomic E-state index is 12.9. The molecule has 444 valence electrons. The Labute approximate surface area is 486 Å². The highest BCUT2D eigenvalue weighted by atomic mass is 16.6. The molecule has 1 unspecified atom stereocenters. The Hall–Kier alpha value is -4.97. The summed E-state index contributed by atoms with van der Waals surface area (Å²) in [5, 5.41) is 0. The molecule has 0 saturated heterocycles. The van der Waals surface area contributed by atoms with Crippen molar-refractivity contribution in [1.82, 2.24) is 0 Å². The van der Waals surface area contributed by atoms with Crippen LogP contribution in [0.2, 0.25) is 0 Å². The summed E-state index contributed by atoms with van der Waals surface area (Å²) in [6, 6.07) is 0. The Bertz CT molecular complexity index is 1780. The molecule has 6 nitrogen and oxygen atoms in total. The molecule has 0 aliphatic carbocycles. The summed E-state index contributed by atoms with van der Waals surface area (Å²) in [5.74, 6) is -0.962. The lowest BCUT2D eigenvalue weighted by Crippen LogP contribution is -2.30. The zero-order valence-electron chi connectivity index (χ0n) is 50.8. The number of ether oxygens (including phenoxy) is 3. The number of rotatable bonds is 56. The van der Waals surface area contributed by atoms with E-state index >= 15 is 0 Å². The molecule has 0 rings (SSSR count). The lowest BCUT2D eigenvalue weighted by atomic mass is 10.1. The van der Waals surface area contributed by atoms with Crippen LogP contribution in [0, 0.1) is 0 Å². The van der Waals surface area contributed by atoms with E-state index in [1.165, 1.54) is 77.0 Å². The number of unbranched alkanes of at least 4 members (excludes halogenated alkanes) is 19. The molecule has 0 N–H and O–H groups in total. The van der Waals surface area contributed by atoms with Gasteiger partial charge in [-0.25, -0.2) is 0 Å². The van der Waals surface area contributed by atoms with Crippen molar-refractivity contribution in [3.63, 3.8) is 0 Å². The summed E-state index contributed by atoms with van der Waals surface area (Å²) < 4.78 is 16.9. The van der Waals surface area contributed by atoms with E-state index in [1.807, 2.05) is 0 Å². The highest BCUT2D eigenvalue weighted by Gasteiger charge is 2.19. The minimum absolute atomic E-state index is 0.103. The van der Waals surface area contributed by atoms with Crippen LogP contribution in [-0.2, 0) is 28.6 Å². The lowest BCUT2D eigenvalue weighted by Gasteiger charge is -2.18. The summed E-state index contributed by atoms with van der Waals surface area (Å²) >= 11 is 0. The third-order valence-corrected chi connectivity index (χ3v) is 13.0. The van der Waals surface area contributed by atoms with E-state index < -0.39 is 6.10 Å². The van der Waals surface area contributed by atoms with Gasteiger partial charge in [0.1, 0.15) is 13.2 Å². The van der Waals surface area contributed by atoms with E-state index in [9.17, 15) is 14.4 Å². The Morgan fingerprint density at radius 1 is 0.266 bits per heavy atom. The third kappa shape index (κ3) is 63.7. The highest BCUT2D eigenvalue weighted by Crippen LogP contribution is 2.14. The average molecular weight is 1090 g/mol. The van der Waals surface area contributed by atoms with Crippen molar-refractivity contribution in [2.24, 2.45) is 0 Å². The van der Waals surface area contributed by atoms with Crippen LogP contribution < -0.4 is 0 Å². The highest BCUT2D eigenvalue weighted by molar-refractivity contribution is 5.71. The molecule has 0 fully saturated rings. The number of allylic oxidation sites excluding steroid dienone is 26. The first-order valence-corrected chi connectivity index (χ1v) is 32.0. The van der Waals surface area contributed by atoms with Crippen LogP contribution in [-0.4, -0.2) is 37.2 Å². The lowest BCUT2D eigenvalue weighted by molar-refractivity contribution is -0.167. The summed E-state index contributed by atoms with van der Waals surface area (Å²) in [7, 11) is 0. The van der Waals surface area contributed by atoms with Gasteiger partial charge in [-0.05, 0) is 128 Å². The topological polar surface area (TPSA) is 78.9 Å². The van der Waals surface area contributed by atoms with Crippen LogP contribution >= 0.6 is 0 Å². The quantitative estimate of drug-likeness (QED) is 0.0261. The molecular weight excluding hydrogens is 973 g/mol. The smallest absolute Gasteiger partial charge is 0.306 e. The van der Waals surface area contributed by atoms with E-state index in [1.54, 1.807) is 0 Å². The Balaban J connectivity index is 4.40. The van der Waals surface area contributed by atoms with Gasteiger partial charge in [0, 0.05) is 19.3 Å². The molecule has 0 bridgehead atoms.